The largest absolute Gasteiger partial charge is 0.378 e. The molecule has 1 heterocycles. The molecule has 8 heteroatoms. The van der Waals surface area contributed by atoms with Crippen LogP contribution in [0.5, 0.6) is 0 Å². The highest BCUT2D eigenvalue weighted by Gasteiger charge is 2.25. The normalized spacial score (nSPS) is 14.4. The van der Waals surface area contributed by atoms with Gasteiger partial charge < -0.3 is 9.64 Å². The predicted molar refractivity (Wildman–Crippen MR) is 127 cm³/mol. The summed E-state index contributed by atoms with van der Waals surface area (Å²) in [4.78, 5) is 14.7. The number of halogens is 1. The summed E-state index contributed by atoms with van der Waals surface area (Å²) in [6.45, 7) is 2.63. The van der Waals surface area contributed by atoms with Gasteiger partial charge >= 0.3 is 0 Å². The molecule has 1 saturated heterocycles. The Morgan fingerprint density at radius 3 is 2.03 bits per heavy atom. The summed E-state index contributed by atoms with van der Waals surface area (Å²) < 4.78 is 33.6. The highest BCUT2D eigenvalue weighted by molar-refractivity contribution is 7.89. The molecule has 0 radical (unpaired) electrons. The molecule has 172 valence electrons. The molecule has 6 nitrogen and oxygen atoms in total. The second-order valence-corrected chi connectivity index (χ2v) is 10.2. The van der Waals surface area contributed by atoms with Gasteiger partial charge in [0.1, 0.15) is 0 Å². The summed E-state index contributed by atoms with van der Waals surface area (Å²) in [5.74, 6) is -0.0419. The number of nitrogens with zero attached hydrogens (tertiary/aromatic N) is 2. The van der Waals surface area contributed by atoms with Crippen LogP contribution in [0.1, 0.15) is 21.5 Å². The van der Waals surface area contributed by atoms with Gasteiger partial charge in [-0.25, -0.2) is 8.42 Å². The average Bonchev–Trinajstić information content (AvgIpc) is 2.85. The van der Waals surface area contributed by atoms with Crippen LogP contribution in [0, 0.1) is 0 Å². The molecule has 1 aliphatic rings. The van der Waals surface area contributed by atoms with Crippen molar-refractivity contribution in [2.24, 2.45) is 0 Å². The minimum absolute atomic E-state index is 0.0419. The van der Waals surface area contributed by atoms with Crippen molar-refractivity contribution in [3.8, 4) is 0 Å². The Morgan fingerprint density at radius 1 is 0.848 bits per heavy atom. The molecular weight excluding hydrogens is 460 g/mol. The first-order valence-electron chi connectivity index (χ1n) is 10.7. The molecule has 0 spiro atoms. The maximum atomic E-state index is 13.4. The fraction of sp³-hybridized carbons (Fsp3) is 0.240. The van der Waals surface area contributed by atoms with Crippen LogP contribution in [0.25, 0.3) is 0 Å². The smallest absolute Gasteiger partial charge is 0.254 e. The summed E-state index contributed by atoms with van der Waals surface area (Å²) in [6.07, 6.45) is 0. The van der Waals surface area contributed by atoms with E-state index in [-0.39, 0.29) is 23.9 Å². The van der Waals surface area contributed by atoms with E-state index in [1.807, 2.05) is 42.5 Å². The fourth-order valence-electron chi connectivity index (χ4n) is 3.67. The Bertz CT molecular complexity index is 1180. The number of benzene rings is 3. The zero-order valence-corrected chi connectivity index (χ0v) is 19.6. The quantitative estimate of drug-likeness (QED) is 0.504. The van der Waals surface area contributed by atoms with E-state index in [1.54, 1.807) is 29.2 Å². The maximum Gasteiger partial charge on any atom is 0.254 e. The van der Waals surface area contributed by atoms with Crippen LogP contribution >= 0.6 is 11.6 Å². The SMILES string of the molecule is O=C(c1ccc(CN(Cc2ccccc2)S(=O)(=O)c2ccc(Cl)cc2)cc1)N1CCOCC1. The van der Waals surface area contributed by atoms with Gasteiger partial charge in [-0.05, 0) is 47.5 Å². The number of hydrogen-bond donors (Lipinski definition) is 0. The molecule has 3 aromatic rings. The number of hydrogen-bond acceptors (Lipinski definition) is 4. The Kier molecular flexibility index (Phi) is 7.45. The first kappa shape index (κ1) is 23.4. The molecule has 0 unspecified atom stereocenters. The lowest BCUT2D eigenvalue weighted by Gasteiger charge is -2.27. The molecule has 1 amide bonds. The van der Waals surface area contributed by atoms with Crippen LogP contribution in [-0.2, 0) is 27.8 Å². The van der Waals surface area contributed by atoms with Gasteiger partial charge in [0.25, 0.3) is 5.91 Å². The molecule has 4 rings (SSSR count). The van der Waals surface area contributed by atoms with Crippen LogP contribution in [0.4, 0.5) is 0 Å². The third-order valence-corrected chi connectivity index (χ3v) is 7.57. The molecule has 33 heavy (non-hydrogen) atoms. The number of carbonyl (C=O) groups is 1. The first-order chi connectivity index (χ1) is 15.9. The fourth-order valence-corrected chi connectivity index (χ4v) is 5.22. The van der Waals surface area contributed by atoms with Crippen LogP contribution in [0.3, 0.4) is 0 Å². The lowest BCUT2D eigenvalue weighted by molar-refractivity contribution is 0.0303. The van der Waals surface area contributed by atoms with Crippen molar-refractivity contribution in [2.45, 2.75) is 18.0 Å². The number of carbonyl (C=O) groups excluding carboxylic acids is 1. The second kappa shape index (κ2) is 10.5. The highest BCUT2D eigenvalue weighted by atomic mass is 35.5. The maximum absolute atomic E-state index is 13.4. The van der Waals surface area contributed by atoms with Crippen molar-refractivity contribution in [1.82, 2.24) is 9.21 Å². The van der Waals surface area contributed by atoms with Crippen LogP contribution in [-0.4, -0.2) is 49.8 Å². The van der Waals surface area contributed by atoms with Crippen molar-refractivity contribution in [2.75, 3.05) is 26.3 Å². The van der Waals surface area contributed by atoms with Gasteiger partial charge in [-0.15, -0.1) is 0 Å². The van der Waals surface area contributed by atoms with E-state index >= 15 is 0 Å². The first-order valence-corrected chi connectivity index (χ1v) is 12.5. The standard InChI is InChI=1S/C25H25ClN2O4S/c26-23-10-12-24(13-11-23)33(30,31)28(18-20-4-2-1-3-5-20)19-21-6-8-22(9-7-21)25(29)27-14-16-32-17-15-27/h1-13H,14-19H2. The lowest BCUT2D eigenvalue weighted by Crippen LogP contribution is -2.40. The van der Waals surface area contributed by atoms with E-state index < -0.39 is 10.0 Å². The van der Waals surface area contributed by atoms with Crippen molar-refractivity contribution >= 4 is 27.5 Å². The average molecular weight is 485 g/mol. The number of ether oxygens (including phenoxy) is 1. The van der Waals surface area contributed by atoms with E-state index in [0.29, 0.717) is 36.9 Å². The minimum atomic E-state index is -3.77. The van der Waals surface area contributed by atoms with Crippen molar-refractivity contribution in [3.63, 3.8) is 0 Å². The molecule has 0 aliphatic carbocycles. The van der Waals surface area contributed by atoms with Crippen molar-refractivity contribution < 1.29 is 17.9 Å². The minimum Gasteiger partial charge on any atom is -0.378 e. The van der Waals surface area contributed by atoms with Gasteiger partial charge in [-0.1, -0.05) is 54.1 Å². The zero-order chi connectivity index (χ0) is 23.3. The summed E-state index contributed by atoms with van der Waals surface area (Å²) in [5.41, 5.74) is 2.26. The molecule has 0 saturated carbocycles. The third-order valence-electron chi connectivity index (χ3n) is 5.51. The Hall–Kier alpha value is -2.71. The van der Waals surface area contributed by atoms with Crippen molar-refractivity contribution in [3.05, 3.63) is 101 Å². The van der Waals surface area contributed by atoms with E-state index in [4.69, 9.17) is 16.3 Å². The molecule has 0 bridgehead atoms. The molecule has 3 aromatic carbocycles. The van der Waals surface area contributed by atoms with Crippen molar-refractivity contribution in [1.29, 1.82) is 0 Å². The van der Waals surface area contributed by atoms with Gasteiger partial charge in [-0.2, -0.15) is 4.31 Å². The monoisotopic (exact) mass is 484 g/mol. The summed E-state index contributed by atoms with van der Waals surface area (Å²) in [5, 5.41) is 0.476. The summed E-state index contributed by atoms with van der Waals surface area (Å²) in [7, 11) is -3.77. The highest BCUT2D eigenvalue weighted by Crippen LogP contribution is 2.23. The van der Waals surface area contributed by atoms with Crippen LogP contribution in [0.2, 0.25) is 5.02 Å². The Balaban J connectivity index is 1.57. The Morgan fingerprint density at radius 2 is 1.42 bits per heavy atom. The molecule has 1 fully saturated rings. The molecule has 0 aromatic heterocycles. The molecular formula is C25H25ClN2O4S. The van der Waals surface area contributed by atoms with Crippen LogP contribution in [0.15, 0.2) is 83.8 Å². The summed E-state index contributed by atoms with van der Waals surface area (Å²) >= 11 is 5.95. The van der Waals surface area contributed by atoms with E-state index in [1.165, 1.54) is 16.4 Å². The molecule has 0 atom stereocenters. The Labute approximate surface area is 199 Å². The third kappa shape index (κ3) is 5.81. The van der Waals surface area contributed by atoms with E-state index in [0.717, 1.165) is 11.1 Å². The van der Waals surface area contributed by atoms with Gasteiger partial charge in [0.05, 0.1) is 18.1 Å². The molecule has 0 N–H and O–H groups in total. The van der Waals surface area contributed by atoms with Gasteiger partial charge in [0.15, 0.2) is 0 Å². The van der Waals surface area contributed by atoms with Gasteiger partial charge in [-0.3, -0.25) is 4.79 Å². The number of rotatable bonds is 7. The van der Waals surface area contributed by atoms with E-state index in [9.17, 15) is 13.2 Å². The number of sulfonamides is 1. The van der Waals surface area contributed by atoms with Gasteiger partial charge in [0, 0.05) is 36.8 Å². The van der Waals surface area contributed by atoms with Gasteiger partial charge in [0.2, 0.25) is 10.0 Å². The van der Waals surface area contributed by atoms with E-state index in [2.05, 4.69) is 0 Å². The lowest BCUT2D eigenvalue weighted by atomic mass is 10.1. The number of morpholine rings is 1. The molecule has 1 aliphatic heterocycles. The van der Waals surface area contributed by atoms with Crippen LogP contribution < -0.4 is 0 Å². The topological polar surface area (TPSA) is 66.9 Å². The summed E-state index contributed by atoms with van der Waals surface area (Å²) in [6, 6.07) is 22.7. The second-order valence-electron chi connectivity index (χ2n) is 7.81. The predicted octanol–water partition coefficient (Wildman–Crippen LogP) is 4.20. The zero-order valence-electron chi connectivity index (χ0n) is 18.1. The number of amides is 1.